The number of carbonyl (C=O) groups excluding carboxylic acids is 1. The van der Waals surface area contributed by atoms with E-state index < -0.39 is 0 Å². The third-order valence-electron chi connectivity index (χ3n) is 1.77. The molecule has 0 radical (unpaired) electrons. The van der Waals surface area contributed by atoms with Gasteiger partial charge in [-0.15, -0.1) is 0 Å². The van der Waals surface area contributed by atoms with Crippen molar-refractivity contribution in [3.63, 3.8) is 0 Å². The van der Waals surface area contributed by atoms with E-state index in [0.29, 0.717) is 6.54 Å². The minimum atomic E-state index is -0.304. The molecule has 1 rings (SSSR count). The summed E-state index contributed by atoms with van der Waals surface area (Å²) in [4.78, 5) is 12.9. The van der Waals surface area contributed by atoms with E-state index in [1.54, 1.807) is 4.90 Å². The van der Waals surface area contributed by atoms with Crippen LogP contribution in [0.15, 0.2) is 0 Å². The monoisotopic (exact) mass is 187 g/mol. The molecule has 0 aromatic heterocycles. The van der Waals surface area contributed by atoms with Crippen LogP contribution in [0.1, 0.15) is 41.5 Å². The third-order valence-corrected chi connectivity index (χ3v) is 1.77. The van der Waals surface area contributed by atoms with Crippen molar-refractivity contribution in [2.75, 3.05) is 6.54 Å². The second-order valence-electron chi connectivity index (χ2n) is 3.85. The summed E-state index contributed by atoms with van der Waals surface area (Å²) in [5.74, 6) is 0. The Morgan fingerprint density at radius 1 is 1.38 bits per heavy atom. The number of hydrogen-bond donors (Lipinski definition) is 0. The molecule has 0 N–H and O–H groups in total. The second-order valence-corrected chi connectivity index (χ2v) is 3.85. The SMILES string of the molecule is CC.CC(C)N1CC(C)(C)OC1=O. The van der Waals surface area contributed by atoms with Crippen LogP contribution in [-0.4, -0.2) is 29.2 Å². The summed E-state index contributed by atoms with van der Waals surface area (Å²) in [6.45, 7) is 12.5. The van der Waals surface area contributed by atoms with Crippen LogP contribution in [0.3, 0.4) is 0 Å². The Morgan fingerprint density at radius 3 is 2.00 bits per heavy atom. The zero-order chi connectivity index (χ0) is 10.6. The number of nitrogens with zero attached hydrogens (tertiary/aromatic N) is 1. The van der Waals surface area contributed by atoms with E-state index in [4.69, 9.17) is 4.74 Å². The molecule has 3 heteroatoms. The lowest BCUT2D eigenvalue weighted by molar-refractivity contribution is 0.0856. The van der Waals surface area contributed by atoms with Crippen molar-refractivity contribution >= 4 is 6.09 Å². The highest BCUT2D eigenvalue weighted by Gasteiger charge is 2.38. The van der Waals surface area contributed by atoms with Crippen LogP contribution in [0.4, 0.5) is 4.79 Å². The minimum Gasteiger partial charge on any atom is -0.441 e. The van der Waals surface area contributed by atoms with Gasteiger partial charge in [-0.25, -0.2) is 4.79 Å². The molecule has 0 aromatic carbocycles. The fraction of sp³-hybridized carbons (Fsp3) is 0.900. The van der Waals surface area contributed by atoms with Crippen LogP contribution in [0.5, 0.6) is 0 Å². The number of hydrogen-bond acceptors (Lipinski definition) is 2. The normalized spacial score (nSPS) is 19.6. The van der Waals surface area contributed by atoms with E-state index >= 15 is 0 Å². The summed E-state index contributed by atoms with van der Waals surface area (Å²) >= 11 is 0. The number of ether oxygens (including phenoxy) is 1. The standard InChI is InChI=1S/C8H15NO2.C2H6/c1-6(2)9-5-8(3,4)11-7(9)10;1-2/h6H,5H2,1-4H3;1-2H3. The molecule has 1 amide bonds. The lowest BCUT2D eigenvalue weighted by Crippen LogP contribution is -2.33. The Labute approximate surface area is 81.1 Å². The summed E-state index contributed by atoms with van der Waals surface area (Å²) < 4.78 is 5.11. The summed E-state index contributed by atoms with van der Waals surface area (Å²) in [5.41, 5.74) is -0.304. The molecule has 0 atom stereocenters. The Morgan fingerprint density at radius 2 is 1.85 bits per heavy atom. The van der Waals surface area contributed by atoms with Gasteiger partial charge < -0.3 is 9.64 Å². The van der Waals surface area contributed by atoms with E-state index in [9.17, 15) is 4.79 Å². The van der Waals surface area contributed by atoms with Crippen molar-refractivity contribution in [1.29, 1.82) is 0 Å². The van der Waals surface area contributed by atoms with Crippen molar-refractivity contribution in [2.24, 2.45) is 0 Å². The van der Waals surface area contributed by atoms with E-state index in [0.717, 1.165) is 0 Å². The van der Waals surface area contributed by atoms with Gasteiger partial charge in [0.05, 0.1) is 6.54 Å². The molecule has 0 saturated carbocycles. The highest BCUT2D eigenvalue weighted by atomic mass is 16.6. The smallest absolute Gasteiger partial charge is 0.410 e. The first-order valence-corrected chi connectivity index (χ1v) is 4.92. The zero-order valence-corrected chi connectivity index (χ0v) is 9.55. The van der Waals surface area contributed by atoms with Crippen LogP contribution < -0.4 is 0 Å². The summed E-state index contributed by atoms with van der Waals surface area (Å²) in [6, 6.07) is 0.240. The predicted octanol–water partition coefficient (Wildman–Crippen LogP) is 2.65. The molecule has 13 heavy (non-hydrogen) atoms. The first kappa shape index (κ1) is 12.3. The molecule has 1 aliphatic rings. The van der Waals surface area contributed by atoms with Crippen LogP contribution in [0, 0.1) is 0 Å². The second kappa shape index (κ2) is 4.49. The molecule has 1 aliphatic heterocycles. The molecule has 3 nitrogen and oxygen atoms in total. The molecule has 1 fully saturated rings. The topological polar surface area (TPSA) is 29.5 Å². The molecular formula is C10H21NO2. The van der Waals surface area contributed by atoms with Gasteiger partial charge in [0, 0.05) is 6.04 Å². The van der Waals surface area contributed by atoms with E-state index in [2.05, 4.69) is 0 Å². The first-order chi connectivity index (χ1) is 5.92. The quantitative estimate of drug-likeness (QED) is 0.631. The Hall–Kier alpha value is -0.730. The average Bonchev–Trinajstić information content (AvgIpc) is 2.29. The highest BCUT2D eigenvalue weighted by molar-refractivity contribution is 5.70. The maximum absolute atomic E-state index is 11.1. The molecule has 0 spiro atoms. The van der Waals surface area contributed by atoms with Gasteiger partial charge in [0.15, 0.2) is 0 Å². The summed E-state index contributed by atoms with van der Waals surface area (Å²) in [5, 5.41) is 0. The Balaban J connectivity index is 0.000000671. The molecular weight excluding hydrogens is 166 g/mol. The fourth-order valence-corrected chi connectivity index (χ4v) is 1.20. The number of carbonyl (C=O) groups is 1. The van der Waals surface area contributed by atoms with Crippen LogP contribution in [0.2, 0.25) is 0 Å². The number of amides is 1. The Kier molecular flexibility index (Phi) is 4.24. The van der Waals surface area contributed by atoms with Gasteiger partial charge in [0.2, 0.25) is 0 Å². The van der Waals surface area contributed by atoms with Crippen molar-refractivity contribution in [1.82, 2.24) is 4.90 Å². The molecule has 0 aliphatic carbocycles. The summed E-state index contributed by atoms with van der Waals surface area (Å²) in [6.07, 6.45) is -0.190. The molecule has 0 unspecified atom stereocenters. The lowest BCUT2D eigenvalue weighted by Gasteiger charge is -2.18. The van der Waals surface area contributed by atoms with Gasteiger partial charge in [-0.1, -0.05) is 13.8 Å². The van der Waals surface area contributed by atoms with Gasteiger partial charge >= 0.3 is 6.09 Å². The maximum Gasteiger partial charge on any atom is 0.410 e. The maximum atomic E-state index is 11.1. The summed E-state index contributed by atoms with van der Waals surface area (Å²) in [7, 11) is 0. The van der Waals surface area contributed by atoms with E-state index in [1.165, 1.54) is 0 Å². The minimum absolute atomic E-state index is 0.190. The van der Waals surface area contributed by atoms with Crippen molar-refractivity contribution in [2.45, 2.75) is 53.2 Å². The predicted molar refractivity (Wildman–Crippen MR) is 53.8 cm³/mol. The van der Waals surface area contributed by atoms with Gasteiger partial charge in [-0.05, 0) is 27.7 Å². The zero-order valence-electron chi connectivity index (χ0n) is 9.55. The number of cyclic esters (lactones) is 1. The Bertz CT molecular complexity index is 176. The molecule has 0 aromatic rings. The average molecular weight is 187 g/mol. The van der Waals surface area contributed by atoms with Gasteiger partial charge in [-0.3, -0.25) is 0 Å². The van der Waals surface area contributed by atoms with Gasteiger partial charge in [-0.2, -0.15) is 0 Å². The van der Waals surface area contributed by atoms with E-state index in [1.807, 2.05) is 41.5 Å². The first-order valence-electron chi connectivity index (χ1n) is 4.92. The molecule has 78 valence electrons. The number of rotatable bonds is 1. The van der Waals surface area contributed by atoms with Crippen LogP contribution in [-0.2, 0) is 4.74 Å². The van der Waals surface area contributed by atoms with Gasteiger partial charge in [0.25, 0.3) is 0 Å². The fourth-order valence-electron chi connectivity index (χ4n) is 1.20. The van der Waals surface area contributed by atoms with Crippen LogP contribution >= 0.6 is 0 Å². The molecule has 1 heterocycles. The molecule has 0 bridgehead atoms. The van der Waals surface area contributed by atoms with Crippen LogP contribution in [0.25, 0.3) is 0 Å². The van der Waals surface area contributed by atoms with Crippen molar-refractivity contribution < 1.29 is 9.53 Å². The highest BCUT2D eigenvalue weighted by Crippen LogP contribution is 2.22. The third kappa shape index (κ3) is 3.25. The largest absolute Gasteiger partial charge is 0.441 e. The van der Waals surface area contributed by atoms with E-state index in [-0.39, 0.29) is 17.7 Å². The molecule has 1 saturated heterocycles. The lowest BCUT2D eigenvalue weighted by atomic mass is 10.1. The van der Waals surface area contributed by atoms with Crippen molar-refractivity contribution in [3.05, 3.63) is 0 Å². The van der Waals surface area contributed by atoms with Crippen molar-refractivity contribution in [3.8, 4) is 0 Å². The van der Waals surface area contributed by atoms with Gasteiger partial charge in [0.1, 0.15) is 5.60 Å².